The predicted octanol–water partition coefficient (Wildman–Crippen LogP) is 2.61. The molecule has 0 spiro atoms. The highest BCUT2D eigenvalue weighted by Crippen LogP contribution is 2.18. The standard InChI is InChI=1S/C14H22BrN3O/c1-19-9-8-18-6-4-12(5-7-18)10-16-14-3-2-13(15)11-17-14/h2-3,11-12H,4-10H2,1H3,(H,16,17). The fourth-order valence-corrected chi connectivity index (χ4v) is 2.60. The number of anilines is 1. The number of aromatic nitrogens is 1. The molecule has 1 aromatic heterocycles. The average molecular weight is 328 g/mol. The molecule has 0 unspecified atom stereocenters. The van der Waals surface area contributed by atoms with Gasteiger partial charge in [0.25, 0.3) is 0 Å². The zero-order valence-electron chi connectivity index (χ0n) is 11.4. The van der Waals surface area contributed by atoms with Crippen LogP contribution >= 0.6 is 15.9 Å². The number of halogens is 1. The first-order valence-corrected chi connectivity index (χ1v) is 7.64. The Morgan fingerprint density at radius 1 is 1.42 bits per heavy atom. The zero-order chi connectivity index (χ0) is 13.5. The molecule has 0 aromatic carbocycles. The van der Waals surface area contributed by atoms with Crippen molar-refractivity contribution >= 4 is 21.7 Å². The van der Waals surface area contributed by atoms with Crippen LogP contribution in [-0.2, 0) is 4.74 Å². The van der Waals surface area contributed by atoms with Gasteiger partial charge >= 0.3 is 0 Å². The minimum Gasteiger partial charge on any atom is -0.383 e. The number of nitrogens with one attached hydrogen (secondary N) is 1. The van der Waals surface area contributed by atoms with E-state index in [1.54, 1.807) is 7.11 Å². The van der Waals surface area contributed by atoms with Crippen molar-refractivity contribution < 1.29 is 4.74 Å². The van der Waals surface area contributed by atoms with E-state index in [1.807, 2.05) is 18.3 Å². The van der Waals surface area contributed by atoms with E-state index < -0.39 is 0 Å². The van der Waals surface area contributed by atoms with Crippen molar-refractivity contribution in [2.24, 2.45) is 5.92 Å². The van der Waals surface area contributed by atoms with Gasteiger partial charge in [-0.15, -0.1) is 0 Å². The van der Waals surface area contributed by atoms with Crippen LogP contribution in [0.4, 0.5) is 5.82 Å². The van der Waals surface area contributed by atoms with Crippen molar-refractivity contribution in [3.63, 3.8) is 0 Å². The summed E-state index contributed by atoms with van der Waals surface area (Å²) in [6.07, 6.45) is 4.34. The second-order valence-electron chi connectivity index (χ2n) is 5.02. The normalized spacial score (nSPS) is 17.6. The van der Waals surface area contributed by atoms with Gasteiger partial charge in [-0.3, -0.25) is 0 Å². The molecule has 2 rings (SSSR count). The monoisotopic (exact) mass is 327 g/mol. The van der Waals surface area contributed by atoms with Crippen molar-refractivity contribution in [2.45, 2.75) is 12.8 Å². The van der Waals surface area contributed by atoms with E-state index in [2.05, 4.69) is 31.1 Å². The van der Waals surface area contributed by atoms with Gasteiger partial charge in [-0.1, -0.05) is 0 Å². The number of pyridine rings is 1. The molecular weight excluding hydrogens is 306 g/mol. The molecule has 5 heteroatoms. The van der Waals surface area contributed by atoms with Crippen LogP contribution in [0.1, 0.15) is 12.8 Å². The molecule has 0 saturated carbocycles. The molecular formula is C14H22BrN3O. The lowest BCUT2D eigenvalue weighted by molar-refractivity contribution is 0.122. The van der Waals surface area contributed by atoms with Crippen LogP contribution in [0.5, 0.6) is 0 Å². The SMILES string of the molecule is COCCN1CCC(CNc2ccc(Br)cn2)CC1. The zero-order valence-corrected chi connectivity index (χ0v) is 13.0. The van der Waals surface area contributed by atoms with Crippen molar-refractivity contribution in [1.82, 2.24) is 9.88 Å². The molecule has 1 aliphatic heterocycles. The molecule has 4 nitrogen and oxygen atoms in total. The largest absolute Gasteiger partial charge is 0.383 e. The fraction of sp³-hybridized carbons (Fsp3) is 0.643. The Labute approximate surface area is 123 Å². The quantitative estimate of drug-likeness (QED) is 0.871. The molecule has 106 valence electrons. The first kappa shape index (κ1) is 14.8. The molecule has 1 fully saturated rings. The molecule has 0 aliphatic carbocycles. The summed E-state index contributed by atoms with van der Waals surface area (Å²) < 4.78 is 6.14. The maximum absolute atomic E-state index is 5.12. The highest BCUT2D eigenvalue weighted by molar-refractivity contribution is 9.10. The molecule has 1 aromatic rings. The second-order valence-corrected chi connectivity index (χ2v) is 5.94. The Morgan fingerprint density at radius 3 is 2.84 bits per heavy atom. The third-order valence-electron chi connectivity index (χ3n) is 3.62. The topological polar surface area (TPSA) is 37.4 Å². The molecule has 0 atom stereocenters. The van der Waals surface area contributed by atoms with E-state index >= 15 is 0 Å². The van der Waals surface area contributed by atoms with E-state index in [4.69, 9.17) is 4.74 Å². The van der Waals surface area contributed by atoms with E-state index in [9.17, 15) is 0 Å². The van der Waals surface area contributed by atoms with Gasteiger partial charge in [0.15, 0.2) is 0 Å². The lowest BCUT2D eigenvalue weighted by Gasteiger charge is -2.31. The van der Waals surface area contributed by atoms with Crippen molar-refractivity contribution in [1.29, 1.82) is 0 Å². The number of hydrogen-bond donors (Lipinski definition) is 1. The van der Waals surface area contributed by atoms with E-state index in [0.29, 0.717) is 0 Å². The lowest BCUT2D eigenvalue weighted by Crippen LogP contribution is -2.37. The van der Waals surface area contributed by atoms with Gasteiger partial charge in [-0.05, 0) is 59.9 Å². The van der Waals surface area contributed by atoms with Gasteiger partial charge in [0.05, 0.1) is 6.61 Å². The first-order chi connectivity index (χ1) is 9.28. The van der Waals surface area contributed by atoms with Gasteiger partial charge < -0.3 is 15.0 Å². The number of hydrogen-bond acceptors (Lipinski definition) is 4. The summed E-state index contributed by atoms with van der Waals surface area (Å²) in [5, 5.41) is 3.42. The van der Waals surface area contributed by atoms with Crippen LogP contribution in [0.15, 0.2) is 22.8 Å². The van der Waals surface area contributed by atoms with Crippen LogP contribution in [0.2, 0.25) is 0 Å². The van der Waals surface area contributed by atoms with Crippen LogP contribution in [0.25, 0.3) is 0 Å². The molecule has 0 amide bonds. The van der Waals surface area contributed by atoms with Gasteiger partial charge in [0, 0.05) is 30.9 Å². The number of rotatable bonds is 6. The van der Waals surface area contributed by atoms with Gasteiger partial charge in [-0.2, -0.15) is 0 Å². The number of methoxy groups -OCH3 is 1. The molecule has 1 aliphatic rings. The number of ether oxygens (including phenoxy) is 1. The van der Waals surface area contributed by atoms with E-state index in [-0.39, 0.29) is 0 Å². The Kier molecular flexibility index (Phi) is 6.07. The van der Waals surface area contributed by atoms with E-state index in [0.717, 1.165) is 35.9 Å². The Balaban J connectivity index is 1.67. The maximum atomic E-state index is 5.12. The lowest BCUT2D eigenvalue weighted by atomic mass is 9.97. The average Bonchev–Trinajstić information content (AvgIpc) is 2.46. The van der Waals surface area contributed by atoms with E-state index in [1.165, 1.54) is 25.9 Å². The Morgan fingerprint density at radius 2 is 2.21 bits per heavy atom. The third-order valence-corrected chi connectivity index (χ3v) is 4.09. The van der Waals surface area contributed by atoms with Crippen molar-refractivity contribution in [3.8, 4) is 0 Å². The number of nitrogens with zero attached hydrogens (tertiary/aromatic N) is 2. The van der Waals surface area contributed by atoms with Crippen LogP contribution in [-0.4, -0.2) is 49.8 Å². The van der Waals surface area contributed by atoms with Gasteiger partial charge in [0.2, 0.25) is 0 Å². The Hall–Kier alpha value is -0.650. The smallest absolute Gasteiger partial charge is 0.125 e. The highest BCUT2D eigenvalue weighted by atomic mass is 79.9. The highest BCUT2D eigenvalue weighted by Gasteiger charge is 2.18. The Bertz CT molecular complexity index is 363. The number of likely N-dealkylation sites (tertiary alicyclic amines) is 1. The molecule has 1 saturated heterocycles. The fourth-order valence-electron chi connectivity index (χ4n) is 2.36. The summed E-state index contributed by atoms with van der Waals surface area (Å²) in [5.41, 5.74) is 0. The van der Waals surface area contributed by atoms with Gasteiger partial charge in [0.1, 0.15) is 5.82 Å². The molecule has 0 radical (unpaired) electrons. The summed E-state index contributed by atoms with van der Waals surface area (Å²) >= 11 is 3.39. The minimum absolute atomic E-state index is 0.754. The number of piperidine rings is 1. The maximum Gasteiger partial charge on any atom is 0.125 e. The van der Waals surface area contributed by atoms with Crippen LogP contribution < -0.4 is 5.32 Å². The molecule has 2 heterocycles. The summed E-state index contributed by atoms with van der Waals surface area (Å²) in [4.78, 5) is 6.82. The summed E-state index contributed by atoms with van der Waals surface area (Å²) in [7, 11) is 1.77. The summed E-state index contributed by atoms with van der Waals surface area (Å²) in [6.45, 7) is 5.29. The van der Waals surface area contributed by atoms with Gasteiger partial charge in [-0.25, -0.2) is 4.98 Å². The van der Waals surface area contributed by atoms with Crippen LogP contribution in [0.3, 0.4) is 0 Å². The van der Waals surface area contributed by atoms with Crippen LogP contribution in [0, 0.1) is 5.92 Å². The second kappa shape index (κ2) is 7.82. The summed E-state index contributed by atoms with van der Waals surface area (Å²) in [6, 6.07) is 4.03. The minimum atomic E-state index is 0.754. The van der Waals surface area contributed by atoms with Crippen molar-refractivity contribution in [3.05, 3.63) is 22.8 Å². The third kappa shape index (κ3) is 5.09. The molecule has 0 bridgehead atoms. The predicted molar refractivity (Wildman–Crippen MR) is 81.5 cm³/mol. The summed E-state index contributed by atoms with van der Waals surface area (Å²) in [5.74, 6) is 1.72. The molecule has 1 N–H and O–H groups in total. The molecule has 19 heavy (non-hydrogen) atoms. The van der Waals surface area contributed by atoms with Crippen molar-refractivity contribution in [2.75, 3.05) is 45.2 Å². The first-order valence-electron chi connectivity index (χ1n) is 6.84.